The Morgan fingerprint density at radius 1 is 1.37 bits per heavy atom. The summed E-state index contributed by atoms with van der Waals surface area (Å²) in [6, 6.07) is 0. The molecular formula is C11H20N6O2. The molecule has 0 fully saturated rings. The Morgan fingerprint density at radius 3 is 2.79 bits per heavy atom. The number of rotatable bonds is 9. The summed E-state index contributed by atoms with van der Waals surface area (Å²) >= 11 is 0. The lowest BCUT2D eigenvalue weighted by atomic mass is 10.0. The molecule has 106 valence electrons. The van der Waals surface area contributed by atoms with Gasteiger partial charge in [-0.3, -0.25) is 9.59 Å². The fourth-order valence-corrected chi connectivity index (χ4v) is 1.71. The number of nitrogens with one attached hydrogen (secondary N) is 1. The van der Waals surface area contributed by atoms with Crippen LogP contribution in [0, 0.1) is 5.92 Å². The highest BCUT2D eigenvalue weighted by atomic mass is 16.2. The van der Waals surface area contributed by atoms with Gasteiger partial charge < -0.3 is 11.1 Å². The zero-order valence-electron chi connectivity index (χ0n) is 11.1. The summed E-state index contributed by atoms with van der Waals surface area (Å²) in [5.74, 6) is -0.434. The van der Waals surface area contributed by atoms with Crippen LogP contribution in [0.5, 0.6) is 0 Å². The normalized spacial score (nSPS) is 12.1. The molecule has 0 aromatic carbocycles. The van der Waals surface area contributed by atoms with Gasteiger partial charge in [-0.1, -0.05) is 6.92 Å². The van der Waals surface area contributed by atoms with Gasteiger partial charge in [0.05, 0.1) is 0 Å². The van der Waals surface area contributed by atoms with Crippen molar-refractivity contribution in [3.8, 4) is 0 Å². The second kappa shape index (κ2) is 8.17. The van der Waals surface area contributed by atoms with Gasteiger partial charge in [-0.15, -0.1) is 5.10 Å². The van der Waals surface area contributed by atoms with Gasteiger partial charge in [0, 0.05) is 25.9 Å². The van der Waals surface area contributed by atoms with Crippen molar-refractivity contribution in [3.63, 3.8) is 0 Å². The molecular weight excluding hydrogens is 248 g/mol. The standard InChI is InChI=1S/C11H20N6O2/c1-9(6-10(12)18)7-11(19)13-4-2-3-5-17-8-14-15-16-17/h8-9H,2-7H2,1H3,(H2,12,18)(H,13,19)/t9-/m1/s1. The molecule has 1 atom stereocenters. The molecule has 3 N–H and O–H groups in total. The number of aromatic nitrogens is 4. The van der Waals surface area contributed by atoms with E-state index in [-0.39, 0.29) is 24.2 Å². The van der Waals surface area contributed by atoms with E-state index < -0.39 is 0 Å². The van der Waals surface area contributed by atoms with Crippen LogP contribution in [0.1, 0.15) is 32.6 Å². The van der Waals surface area contributed by atoms with Crippen molar-refractivity contribution < 1.29 is 9.59 Å². The first-order valence-corrected chi connectivity index (χ1v) is 6.33. The summed E-state index contributed by atoms with van der Waals surface area (Å²) < 4.78 is 1.65. The van der Waals surface area contributed by atoms with Crippen LogP contribution in [0.4, 0.5) is 0 Å². The van der Waals surface area contributed by atoms with Crippen molar-refractivity contribution in [1.29, 1.82) is 0 Å². The van der Waals surface area contributed by atoms with Gasteiger partial charge in [0.2, 0.25) is 11.8 Å². The maximum Gasteiger partial charge on any atom is 0.220 e. The van der Waals surface area contributed by atoms with E-state index in [0.29, 0.717) is 13.0 Å². The molecule has 0 bridgehead atoms. The van der Waals surface area contributed by atoms with Crippen LogP contribution in [0.2, 0.25) is 0 Å². The number of nitrogens with zero attached hydrogens (tertiary/aromatic N) is 4. The average Bonchev–Trinajstić information content (AvgIpc) is 2.80. The van der Waals surface area contributed by atoms with Gasteiger partial charge >= 0.3 is 0 Å². The van der Waals surface area contributed by atoms with Crippen LogP contribution in [0.15, 0.2) is 6.33 Å². The second-order valence-electron chi connectivity index (χ2n) is 4.61. The van der Waals surface area contributed by atoms with Crippen LogP contribution in [0.25, 0.3) is 0 Å². The Labute approximate surface area is 111 Å². The van der Waals surface area contributed by atoms with Crippen LogP contribution in [0.3, 0.4) is 0 Å². The monoisotopic (exact) mass is 268 g/mol. The Balaban J connectivity index is 2.02. The number of unbranched alkanes of at least 4 members (excludes halogenated alkanes) is 1. The lowest BCUT2D eigenvalue weighted by molar-refractivity contribution is -0.122. The van der Waals surface area contributed by atoms with Crippen LogP contribution in [-0.4, -0.2) is 38.6 Å². The van der Waals surface area contributed by atoms with E-state index in [4.69, 9.17) is 5.73 Å². The van der Waals surface area contributed by atoms with Crippen LogP contribution < -0.4 is 11.1 Å². The van der Waals surface area contributed by atoms with Gasteiger partial charge in [-0.25, -0.2) is 4.68 Å². The molecule has 0 aliphatic carbocycles. The van der Waals surface area contributed by atoms with E-state index in [1.165, 1.54) is 0 Å². The zero-order chi connectivity index (χ0) is 14.1. The van der Waals surface area contributed by atoms with E-state index in [9.17, 15) is 9.59 Å². The number of hydrogen-bond donors (Lipinski definition) is 2. The largest absolute Gasteiger partial charge is 0.370 e. The highest BCUT2D eigenvalue weighted by molar-refractivity contribution is 5.78. The van der Waals surface area contributed by atoms with E-state index in [2.05, 4.69) is 20.8 Å². The van der Waals surface area contributed by atoms with Crippen LogP contribution in [-0.2, 0) is 16.1 Å². The number of tetrazole rings is 1. The summed E-state index contributed by atoms with van der Waals surface area (Å²) in [5, 5.41) is 13.6. The van der Waals surface area contributed by atoms with E-state index in [1.54, 1.807) is 11.0 Å². The van der Waals surface area contributed by atoms with Gasteiger partial charge in [-0.05, 0) is 29.2 Å². The number of hydrogen-bond acceptors (Lipinski definition) is 5. The van der Waals surface area contributed by atoms with Crippen molar-refractivity contribution in [3.05, 3.63) is 6.33 Å². The number of carbonyl (C=O) groups is 2. The lowest BCUT2D eigenvalue weighted by Crippen LogP contribution is -2.27. The van der Waals surface area contributed by atoms with Gasteiger partial charge in [-0.2, -0.15) is 0 Å². The highest BCUT2D eigenvalue weighted by Gasteiger charge is 2.10. The molecule has 0 aliphatic heterocycles. The van der Waals surface area contributed by atoms with Gasteiger partial charge in [0.25, 0.3) is 0 Å². The molecule has 0 saturated heterocycles. The first kappa shape index (κ1) is 15.1. The molecule has 1 rings (SSSR count). The van der Waals surface area contributed by atoms with Crippen molar-refractivity contribution >= 4 is 11.8 Å². The predicted octanol–water partition coefficient (Wildman–Crippen LogP) is -0.529. The van der Waals surface area contributed by atoms with E-state index in [0.717, 1.165) is 19.4 Å². The highest BCUT2D eigenvalue weighted by Crippen LogP contribution is 2.06. The number of nitrogens with two attached hydrogens (primary N) is 1. The van der Waals surface area contributed by atoms with E-state index >= 15 is 0 Å². The number of amides is 2. The van der Waals surface area contributed by atoms with Gasteiger partial charge in [0.1, 0.15) is 6.33 Å². The number of aryl methyl sites for hydroxylation is 1. The topological polar surface area (TPSA) is 116 Å². The molecule has 0 saturated carbocycles. The molecule has 1 aromatic rings. The minimum absolute atomic E-state index is 0.0151. The summed E-state index contributed by atoms with van der Waals surface area (Å²) in [4.78, 5) is 22.2. The summed E-state index contributed by atoms with van der Waals surface area (Å²) in [7, 11) is 0. The fourth-order valence-electron chi connectivity index (χ4n) is 1.71. The third kappa shape index (κ3) is 7.12. The molecule has 8 heteroatoms. The molecule has 1 aromatic heterocycles. The van der Waals surface area contributed by atoms with Crippen molar-refractivity contribution in [1.82, 2.24) is 25.5 Å². The quantitative estimate of drug-likeness (QED) is 0.584. The average molecular weight is 268 g/mol. The maximum atomic E-state index is 11.5. The minimum Gasteiger partial charge on any atom is -0.370 e. The van der Waals surface area contributed by atoms with Crippen molar-refractivity contribution in [2.24, 2.45) is 11.7 Å². The smallest absolute Gasteiger partial charge is 0.220 e. The summed E-state index contributed by atoms with van der Waals surface area (Å²) in [5.41, 5.74) is 5.07. The lowest BCUT2D eigenvalue weighted by Gasteiger charge is -2.09. The Morgan fingerprint density at radius 2 is 2.16 bits per heavy atom. The Kier molecular flexibility index (Phi) is 6.48. The Bertz CT molecular complexity index is 392. The first-order valence-electron chi connectivity index (χ1n) is 6.33. The van der Waals surface area contributed by atoms with Crippen molar-refractivity contribution in [2.75, 3.05) is 6.54 Å². The number of carbonyl (C=O) groups excluding carboxylic acids is 2. The minimum atomic E-state index is -0.373. The number of primary amides is 1. The van der Waals surface area contributed by atoms with Gasteiger partial charge in [0.15, 0.2) is 0 Å². The Hall–Kier alpha value is -1.99. The third-order valence-corrected chi connectivity index (χ3v) is 2.61. The molecule has 1 heterocycles. The molecule has 19 heavy (non-hydrogen) atoms. The molecule has 2 amide bonds. The SMILES string of the molecule is C[C@H](CC(N)=O)CC(=O)NCCCCn1cnnn1. The zero-order valence-corrected chi connectivity index (χ0v) is 11.1. The fraction of sp³-hybridized carbons (Fsp3) is 0.727. The molecule has 0 unspecified atom stereocenters. The second-order valence-corrected chi connectivity index (χ2v) is 4.61. The molecule has 0 radical (unpaired) electrons. The maximum absolute atomic E-state index is 11.5. The molecule has 0 aliphatic rings. The van der Waals surface area contributed by atoms with Crippen LogP contribution >= 0.6 is 0 Å². The molecule has 0 spiro atoms. The summed E-state index contributed by atoms with van der Waals surface area (Å²) in [6.45, 7) is 3.19. The molecule has 8 nitrogen and oxygen atoms in total. The van der Waals surface area contributed by atoms with E-state index in [1.807, 2.05) is 6.92 Å². The predicted molar refractivity (Wildman–Crippen MR) is 67.7 cm³/mol. The summed E-state index contributed by atoms with van der Waals surface area (Å²) in [6.07, 6.45) is 3.88. The third-order valence-electron chi connectivity index (χ3n) is 2.61. The first-order chi connectivity index (χ1) is 9.08. The van der Waals surface area contributed by atoms with Crippen molar-refractivity contribution in [2.45, 2.75) is 39.2 Å².